The lowest BCUT2D eigenvalue weighted by atomic mass is 10.1. The minimum atomic E-state index is -0.386. The Bertz CT molecular complexity index is 393. The summed E-state index contributed by atoms with van der Waals surface area (Å²) in [5.41, 5.74) is 0.949. The largest absolute Gasteiger partial charge is 0.325 e. The first-order valence-electron chi connectivity index (χ1n) is 5.17. The molecule has 0 aliphatic carbocycles. The van der Waals surface area contributed by atoms with Crippen LogP contribution in [0.5, 0.6) is 0 Å². The monoisotopic (exact) mass is 241 g/mol. The van der Waals surface area contributed by atoms with Crippen LogP contribution >= 0.6 is 12.6 Å². The average Bonchev–Trinajstić information content (AvgIpc) is 2.23. The van der Waals surface area contributed by atoms with Gasteiger partial charge in [0.2, 0.25) is 5.91 Å². The van der Waals surface area contributed by atoms with Crippen molar-refractivity contribution in [2.24, 2.45) is 5.92 Å². The highest BCUT2D eigenvalue weighted by atomic mass is 32.1. The molecule has 0 aliphatic heterocycles. The molecule has 1 aromatic carbocycles. The van der Waals surface area contributed by atoms with Gasteiger partial charge in [0.05, 0.1) is 5.25 Å². The zero-order valence-electron chi connectivity index (χ0n) is 9.62. The Hall–Kier alpha value is -1.03. The summed E-state index contributed by atoms with van der Waals surface area (Å²) in [7, 11) is 0. The third-order valence-electron chi connectivity index (χ3n) is 2.43. The van der Waals surface area contributed by atoms with Crippen molar-refractivity contribution < 1.29 is 9.18 Å². The first-order chi connectivity index (χ1) is 7.43. The van der Waals surface area contributed by atoms with Crippen molar-refractivity contribution in [1.82, 2.24) is 0 Å². The second-order valence-corrected chi connectivity index (χ2v) is 4.65. The number of rotatable bonds is 3. The maximum atomic E-state index is 13.2. The lowest BCUT2D eigenvalue weighted by Crippen LogP contribution is -2.27. The van der Waals surface area contributed by atoms with Crippen LogP contribution in [0.25, 0.3) is 0 Å². The van der Waals surface area contributed by atoms with Crippen LogP contribution in [0.15, 0.2) is 18.2 Å². The van der Waals surface area contributed by atoms with Crippen molar-refractivity contribution in [3.63, 3.8) is 0 Å². The zero-order chi connectivity index (χ0) is 12.3. The predicted octanol–water partition coefficient (Wildman–Crippen LogP) is 3.03. The normalized spacial score (nSPS) is 12.6. The van der Waals surface area contributed by atoms with E-state index in [1.165, 1.54) is 6.07 Å². The topological polar surface area (TPSA) is 29.1 Å². The Morgan fingerprint density at radius 3 is 2.62 bits per heavy atom. The molecule has 0 fully saturated rings. The molecule has 1 atom stereocenters. The maximum absolute atomic E-state index is 13.2. The third kappa shape index (κ3) is 2.98. The van der Waals surface area contributed by atoms with Crippen LogP contribution in [-0.2, 0) is 4.79 Å². The molecule has 1 rings (SSSR count). The number of anilines is 1. The van der Waals surface area contributed by atoms with Gasteiger partial charge < -0.3 is 5.32 Å². The lowest BCUT2D eigenvalue weighted by molar-refractivity contribution is -0.116. The number of hydrogen-bond acceptors (Lipinski definition) is 2. The molecular formula is C12H16FNOS. The lowest BCUT2D eigenvalue weighted by Gasteiger charge is -2.15. The van der Waals surface area contributed by atoms with Gasteiger partial charge in [-0.2, -0.15) is 12.6 Å². The van der Waals surface area contributed by atoms with E-state index in [-0.39, 0.29) is 22.9 Å². The van der Waals surface area contributed by atoms with Crippen LogP contribution in [0, 0.1) is 18.7 Å². The summed E-state index contributed by atoms with van der Waals surface area (Å²) in [6, 6.07) is 4.61. The van der Waals surface area contributed by atoms with Crippen LogP contribution in [-0.4, -0.2) is 11.2 Å². The summed E-state index contributed by atoms with van der Waals surface area (Å²) in [5.74, 6) is -0.387. The highest BCUT2D eigenvalue weighted by Crippen LogP contribution is 2.19. The van der Waals surface area contributed by atoms with Gasteiger partial charge in [0, 0.05) is 11.3 Å². The SMILES string of the molecule is Cc1c(F)cccc1NC(=O)C(S)C(C)C. The minimum Gasteiger partial charge on any atom is -0.325 e. The Labute approximate surface area is 101 Å². The zero-order valence-corrected chi connectivity index (χ0v) is 10.5. The molecule has 2 nitrogen and oxygen atoms in total. The number of benzene rings is 1. The van der Waals surface area contributed by atoms with E-state index >= 15 is 0 Å². The van der Waals surface area contributed by atoms with Crippen molar-refractivity contribution in [2.75, 3.05) is 5.32 Å². The van der Waals surface area contributed by atoms with Crippen molar-refractivity contribution in [1.29, 1.82) is 0 Å². The van der Waals surface area contributed by atoms with Crippen molar-refractivity contribution in [3.05, 3.63) is 29.6 Å². The smallest absolute Gasteiger partial charge is 0.237 e. The molecule has 88 valence electrons. The standard InChI is InChI=1S/C12H16FNOS/c1-7(2)11(16)12(15)14-10-6-4-5-9(13)8(10)3/h4-7,11,16H,1-3H3,(H,14,15). The second-order valence-electron chi connectivity index (χ2n) is 4.09. The Morgan fingerprint density at radius 2 is 2.06 bits per heavy atom. The Kier molecular flexibility index (Phi) is 4.35. The van der Waals surface area contributed by atoms with Gasteiger partial charge in [-0.05, 0) is 25.0 Å². The summed E-state index contributed by atoms with van der Waals surface area (Å²) < 4.78 is 13.2. The molecular weight excluding hydrogens is 225 g/mol. The fraction of sp³-hybridized carbons (Fsp3) is 0.417. The molecule has 0 aromatic heterocycles. The minimum absolute atomic E-state index is 0.136. The first kappa shape index (κ1) is 13.0. The number of nitrogens with one attached hydrogen (secondary N) is 1. The summed E-state index contributed by atoms with van der Waals surface area (Å²) in [5, 5.41) is 2.29. The molecule has 0 saturated heterocycles. The molecule has 0 bridgehead atoms. The molecule has 0 spiro atoms. The fourth-order valence-electron chi connectivity index (χ4n) is 1.25. The number of carbonyl (C=O) groups excluding carboxylic acids is 1. The van der Waals surface area contributed by atoms with E-state index in [2.05, 4.69) is 17.9 Å². The highest BCUT2D eigenvalue weighted by Gasteiger charge is 2.18. The number of thiol groups is 1. The molecule has 0 heterocycles. The third-order valence-corrected chi connectivity index (χ3v) is 3.26. The van der Waals surface area contributed by atoms with Gasteiger partial charge >= 0.3 is 0 Å². The number of halogens is 1. The molecule has 1 amide bonds. The van der Waals surface area contributed by atoms with Gasteiger partial charge in [0.1, 0.15) is 5.82 Å². The van der Waals surface area contributed by atoms with Crippen molar-refractivity contribution in [3.8, 4) is 0 Å². The quantitative estimate of drug-likeness (QED) is 0.783. The predicted molar refractivity (Wildman–Crippen MR) is 67.4 cm³/mol. The van der Waals surface area contributed by atoms with E-state index in [4.69, 9.17) is 0 Å². The maximum Gasteiger partial charge on any atom is 0.237 e. The number of carbonyl (C=O) groups is 1. The summed E-state index contributed by atoms with van der Waals surface area (Å²) in [6.07, 6.45) is 0. The molecule has 0 aliphatic rings. The molecule has 4 heteroatoms. The molecule has 1 N–H and O–H groups in total. The van der Waals surface area contributed by atoms with Gasteiger partial charge in [0.15, 0.2) is 0 Å². The molecule has 1 unspecified atom stereocenters. The van der Waals surface area contributed by atoms with Crippen LogP contribution in [0.2, 0.25) is 0 Å². The van der Waals surface area contributed by atoms with E-state index < -0.39 is 0 Å². The molecule has 0 saturated carbocycles. The van der Waals surface area contributed by atoms with Gasteiger partial charge in [-0.25, -0.2) is 4.39 Å². The van der Waals surface area contributed by atoms with E-state index in [1.807, 2.05) is 13.8 Å². The van der Waals surface area contributed by atoms with Crippen LogP contribution in [0.3, 0.4) is 0 Å². The first-order valence-corrected chi connectivity index (χ1v) is 5.69. The van der Waals surface area contributed by atoms with E-state index in [9.17, 15) is 9.18 Å². The van der Waals surface area contributed by atoms with Crippen LogP contribution in [0.1, 0.15) is 19.4 Å². The van der Waals surface area contributed by atoms with Gasteiger partial charge in [0.25, 0.3) is 0 Å². The van der Waals surface area contributed by atoms with Crippen molar-refractivity contribution in [2.45, 2.75) is 26.0 Å². The molecule has 0 radical (unpaired) electrons. The second kappa shape index (κ2) is 5.34. The number of hydrogen-bond donors (Lipinski definition) is 2. The van der Waals surface area contributed by atoms with Gasteiger partial charge in [-0.15, -0.1) is 0 Å². The van der Waals surface area contributed by atoms with E-state index in [0.29, 0.717) is 11.3 Å². The Morgan fingerprint density at radius 1 is 1.44 bits per heavy atom. The highest BCUT2D eigenvalue weighted by molar-refractivity contribution is 7.81. The van der Waals surface area contributed by atoms with E-state index in [0.717, 1.165) is 0 Å². The van der Waals surface area contributed by atoms with Gasteiger partial charge in [-0.3, -0.25) is 4.79 Å². The fourth-order valence-corrected chi connectivity index (χ4v) is 1.32. The molecule has 16 heavy (non-hydrogen) atoms. The van der Waals surface area contributed by atoms with Gasteiger partial charge in [-0.1, -0.05) is 19.9 Å². The number of amides is 1. The van der Waals surface area contributed by atoms with E-state index in [1.54, 1.807) is 19.1 Å². The summed E-state index contributed by atoms with van der Waals surface area (Å²) >= 11 is 4.20. The van der Waals surface area contributed by atoms with Crippen molar-refractivity contribution >= 4 is 24.2 Å². The Balaban J connectivity index is 2.81. The van der Waals surface area contributed by atoms with Crippen LogP contribution in [0.4, 0.5) is 10.1 Å². The average molecular weight is 241 g/mol. The van der Waals surface area contributed by atoms with Crippen LogP contribution < -0.4 is 5.32 Å². The molecule has 1 aromatic rings. The summed E-state index contributed by atoms with van der Waals surface area (Å²) in [6.45, 7) is 5.46. The summed E-state index contributed by atoms with van der Waals surface area (Å²) in [4.78, 5) is 11.7.